The number of piperidine rings is 1. The van der Waals surface area contributed by atoms with Crippen LogP contribution in [-0.2, 0) is 4.79 Å². The van der Waals surface area contributed by atoms with Gasteiger partial charge in [-0.2, -0.15) is 0 Å². The van der Waals surface area contributed by atoms with E-state index in [0.717, 1.165) is 41.8 Å². The van der Waals surface area contributed by atoms with E-state index in [1.54, 1.807) is 17.7 Å². The average Bonchev–Trinajstić information content (AvgIpc) is 3.40. The summed E-state index contributed by atoms with van der Waals surface area (Å²) in [5.41, 5.74) is 3.49. The second-order valence-electron chi connectivity index (χ2n) is 7.09. The number of carbonyl (C=O) groups excluding carboxylic acids is 1. The maximum atomic E-state index is 12.8. The predicted octanol–water partition coefficient (Wildman–Crippen LogP) is 3.84. The molecule has 2 aromatic heterocycles. The predicted molar refractivity (Wildman–Crippen MR) is 112 cm³/mol. The van der Waals surface area contributed by atoms with Gasteiger partial charge in [0.05, 0.1) is 10.8 Å². The molecule has 0 aliphatic carbocycles. The monoisotopic (exact) mass is 413 g/mol. The molecule has 1 aliphatic heterocycles. The Morgan fingerprint density at radius 3 is 3.00 bits per heavy atom. The molecule has 146 valence electrons. The Morgan fingerprint density at radius 2 is 2.21 bits per heavy atom. The van der Waals surface area contributed by atoms with E-state index in [1.165, 1.54) is 22.9 Å². The summed E-state index contributed by atoms with van der Waals surface area (Å²) in [6, 6.07) is 6.27. The van der Waals surface area contributed by atoms with E-state index < -0.39 is 0 Å². The second kappa shape index (κ2) is 8.45. The van der Waals surface area contributed by atoms with Gasteiger partial charge in [0.1, 0.15) is 6.33 Å². The molecule has 1 atom stereocenters. The van der Waals surface area contributed by atoms with E-state index in [0.29, 0.717) is 11.7 Å². The van der Waals surface area contributed by atoms with Crippen LogP contribution in [0.5, 0.6) is 0 Å². The first-order valence-electron chi connectivity index (χ1n) is 9.39. The van der Waals surface area contributed by atoms with Gasteiger partial charge >= 0.3 is 0 Å². The first kappa shape index (κ1) is 19.1. The molecule has 1 aromatic carbocycles. The third kappa shape index (κ3) is 4.12. The van der Waals surface area contributed by atoms with Gasteiger partial charge in [-0.25, -0.2) is 4.98 Å². The summed E-state index contributed by atoms with van der Waals surface area (Å²) in [5.74, 6) is 0.886. The van der Waals surface area contributed by atoms with Gasteiger partial charge in [0.2, 0.25) is 5.91 Å². The van der Waals surface area contributed by atoms with Crippen molar-refractivity contribution in [3.63, 3.8) is 0 Å². The summed E-state index contributed by atoms with van der Waals surface area (Å²) in [6.07, 6.45) is 5.68. The normalized spacial score (nSPS) is 17.1. The molecule has 0 saturated carbocycles. The molecule has 8 heteroatoms. The number of thiazole rings is 1. The minimum Gasteiger partial charge on any atom is -0.341 e. The number of aryl methyl sites for hydroxylation is 2. The van der Waals surface area contributed by atoms with Crippen molar-refractivity contribution < 1.29 is 4.79 Å². The van der Waals surface area contributed by atoms with E-state index in [-0.39, 0.29) is 5.91 Å². The molecular formula is C20H23N5OS2. The lowest BCUT2D eigenvalue weighted by molar-refractivity contribution is -0.129. The molecule has 0 bridgehead atoms. The SMILES string of the molecule is Cc1ccc(-n2cnnc2SCC(=O)N2CCCC(c3nccs3)C2)cc1C. The highest BCUT2D eigenvalue weighted by atomic mass is 32.2. The van der Waals surface area contributed by atoms with Crippen molar-refractivity contribution >= 4 is 29.0 Å². The number of benzene rings is 1. The maximum absolute atomic E-state index is 12.8. The lowest BCUT2D eigenvalue weighted by Crippen LogP contribution is -2.40. The first-order valence-corrected chi connectivity index (χ1v) is 11.3. The number of hydrogen-bond acceptors (Lipinski definition) is 6. The summed E-state index contributed by atoms with van der Waals surface area (Å²) in [6.45, 7) is 5.77. The van der Waals surface area contributed by atoms with Crippen LogP contribution < -0.4 is 0 Å². The highest BCUT2D eigenvalue weighted by Gasteiger charge is 2.26. The molecular weight excluding hydrogens is 390 g/mol. The zero-order chi connectivity index (χ0) is 19.5. The zero-order valence-corrected chi connectivity index (χ0v) is 17.7. The Bertz CT molecular complexity index is 953. The fourth-order valence-electron chi connectivity index (χ4n) is 3.43. The lowest BCUT2D eigenvalue weighted by atomic mass is 9.99. The van der Waals surface area contributed by atoms with Crippen molar-refractivity contribution in [2.24, 2.45) is 0 Å². The molecule has 1 saturated heterocycles. The Kier molecular flexibility index (Phi) is 5.77. The molecule has 1 unspecified atom stereocenters. The molecule has 4 rings (SSSR count). The van der Waals surface area contributed by atoms with Crippen LogP contribution in [0.4, 0.5) is 0 Å². The van der Waals surface area contributed by atoms with Gasteiger partial charge in [0, 0.05) is 36.3 Å². The number of nitrogens with zero attached hydrogens (tertiary/aromatic N) is 5. The Morgan fingerprint density at radius 1 is 1.32 bits per heavy atom. The van der Waals surface area contributed by atoms with Gasteiger partial charge in [0.25, 0.3) is 0 Å². The molecule has 1 amide bonds. The standard InChI is InChI=1S/C20H23N5OS2/c1-14-5-6-17(10-15(14)2)25-13-22-23-20(25)28-12-18(26)24-8-3-4-16(11-24)19-21-7-9-27-19/h5-7,9-10,13,16H,3-4,8,11-12H2,1-2H3. The smallest absolute Gasteiger partial charge is 0.233 e. The highest BCUT2D eigenvalue weighted by molar-refractivity contribution is 7.99. The maximum Gasteiger partial charge on any atom is 0.233 e. The third-order valence-electron chi connectivity index (χ3n) is 5.18. The molecule has 1 aliphatic rings. The number of hydrogen-bond donors (Lipinski definition) is 0. The Balaban J connectivity index is 1.40. The molecule has 1 fully saturated rings. The minimum absolute atomic E-state index is 0.154. The second-order valence-corrected chi connectivity index (χ2v) is 8.96. The largest absolute Gasteiger partial charge is 0.341 e. The Labute approximate surface area is 173 Å². The number of likely N-dealkylation sites (tertiary alicyclic amines) is 1. The molecule has 3 aromatic rings. The summed E-state index contributed by atoms with van der Waals surface area (Å²) in [7, 11) is 0. The van der Waals surface area contributed by atoms with Crippen LogP contribution in [0.1, 0.15) is 34.9 Å². The van der Waals surface area contributed by atoms with Crippen molar-refractivity contribution in [3.05, 3.63) is 52.2 Å². The van der Waals surface area contributed by atoms with Crippen LogP contribution in [0.25, 0.3) is 5.69 Å². The third-order valence-corrected chi connectivity index (χ3v) is 7.05. The van der Waals surface area contributed by atoms with Crippen molar-refractivity contribution in [1.82, 2.24) is 24.6 Å². The summed E-state index contributed by atoms with van der Waals surface area (Å²) >= 11 is 3.12. The summed E-state index contributed by atoms with van der Waals surface area (Å²) in [4.78, 5) is 19.2. The summed E-state index contributed by atoms with van der Waals surface area (Å²) < 4.78 is 1.94. The molecule has 0 N–H and O–H groups in total. The van der Waals surface area contributed by atoms with E-state index in [9.17, 15) is 4.79 Å². The topological polar surface area (TPSA) is 63.9 Å². The van der Waals surface area contributed by atoms with Crippen LogP contribution in [-0.4, -0.2) is 49.4 Å². The molecule has 6 nitrogen and oxygen atoms in total. The van der Waals surface area contributed by atoms with Gasteiger partial charge < -0.3 is 4.90 Å². The molecule has 0 spiro atoms. The van der Waals surface area contributed by atoms with E-state index in [2.05, 4.69) is 47.2 Å². The van der Waals surface area contributed by atoms with Gasteiger partial charge in [-0.3, -0.25) is 9.36 Å². The fourth-order valence-corrected chi connectivity index (χ4v) is 5.03. The average molecular weight is 414 g/mol. The van der Waals surface area contributed by atoms with Crippen LogP contribution in [0, 0.1) is 13.8 Å². The summed E-state index contributed by atoms with van der Waals surface area (Å²) in [5, 5.41) is 12.1. The van der Waals surface area contributed by atoms with Crippen molar-refractivity contribution in [3.8, 4) is 5.69 Å². The number of carbonyl (C=O) groups is 1. The van der Waals surface area contributed by atoms with Gasteiger partial charge in [-0.1, -0.05) is 17.8 Å². The fraction of sp³-hybridized carbons (Fsp3) is 0.400. The van der Waals surface area contributed by atoms with E-state index in [4.69, 9.17) is 0 Å². The van der Waals surface area contributed by atoms with Crippen molar-refractivity contribution in [2.45, 2.75) is 37.8 Å². The van der Waals surface area contributed by atoms with Crippen LogP contribution in [0.15, 0.2) is 41.3 Å². The zero-order valence-electron chi connectivity index (χ0n) is 16.0. The van der Waals surface area contributed by atoms with Gasteiger partial charge in [-0.05, 0) is 49.9 Å². The Hall–Kier alpha value is -2.19. The number of amides is 1. The van der Waals surface area contributed by atoms with Crippen molar-refractivity contribution in [2.75, 3.05) is 18.8 Å². The molecule has 3 heterocycles. The molecule has 28 heavy (non-hydrogen) atoms. The van der Waals surface area contributed by atoms with E-state index >= 15 is 0 Å². The van der Waals surface area contributed by atoms with Crippen molar-refractivity contribution in [1.29, 1.82) is 0 Å². The number of rotatable bonds is 5. The van der Waals surface area contributed by atoms with Gasteiger partial charge in [-0.15, -0.1) is 21.5 Å². The van der Waals surface area contributed by atoms with Crippen LogP contribution in [0.3, 0.4) is 0 Å². The number of aromatic nitrogens is 4. The van der Waals surface area contributed by atoms with Crippen LogP contribution in [0.2, 0.25) is 0 Å². The number of thioether (sulfide) groups is 1. The highest BCUT2D eigenvalue weighted by Crippen LogP contribution is 2.29. The molecule has 0 radical (unpaired) electrons. The lowest BCUT2D eigenvalue weighted by Gasteiger charge is -2.31. The minimum atomic E-state index is 0.154. The van der Waals surface area contributed by atoms with E-state index in [1.807, 2.05) is 21.0 Å². The quantitative estimate of drug-likeness (QED) is 0.595. The van der Waals surface area contributed by atoms with Gasteiger partial charge in [0.15, 0.2) is 5.16 Å². The van der Waals surface area contributed by atoms with Crippen LogP contribution >= 0.6 is 23.1 Å². The first-order chi connectivity index (χ1) is 13.6.